The number of ether oxygens (including phenoxy) is 1. The smallest absolute Gasteiger partial charge is 0.359 e. The average Bonchev–Trinajstić information content (AvgIpc) is 2.82. The molecule has 0 aliphatic rings. The van der Waals surface area contributed by atoms with E-state index in [9.17, 15) is 9.59 Å². The van der Waals surface area contributed by atoms with Crippen molar-refractivity contribution in [1.29, 1.82) is 0 Å². The Balaban J connectivity index is 2.25. The zero-order valence-electron chi connectivity index (χ0n) is 10.9. The summed E-state index contributed by atoms with van der Waals surface area (Å²) >= 11 is 3.39. The van der Waals surface area contributed by atoms with Gasteiger partial charge in [-0.15, -0.1) is 0 Å². The number of aldehydes is 1. The second-order valence-electron chi connectivity index (χ2n) is 4.10. The Morgan fingerprint density at radius 1 is 1.50 bits per heavy atom. The van der Waals surface area contributed by atoms with E-state index in [1.807, 2.05) is 24.3 Å². The van der Waals surface area contributed by atoms with Crippen LogP contribution in [0.2, 0.25) is 0 Å². The number of esters is 1. The number of carbonyl (C=O) groups is 2. The van der Waals surface area contributed by atoms with Gasteiger partial charge in [-0.1, -0.05) is 28.1 Å². The van der Waals surface area contributed by atoms with Crippen molar-refractivity contribution >= 4 is 28.2 Å². The molecule has 1 heterocycles. The van der Waals surface area contributed by atoms with Crippen LogP contribution in [0.3, 0.4) is 0 Å². The molecule has 0 saturated heterocycles. The third kappa shape index (κ3) is 3.33. The number of aromatic nitrogens is 2. The average molecular weight is 337 g/mol. The van der Waals surface area contributed by atoms with E-state index in [0.717, 1.165) is 10.0 Å². The molecule has 0 unspecified atom stereocenters. The van der Waals surface area contributed by atoms with E-state index in [4.69, 9.17) is 4.74 Å². The number of halogens is 1. The van der Waals surface area contributed by atoms with Crippen LogP contribution in [-0.4, -0.2) is 28.6 Å². The summed E-state index contributed by atoms with van der Waals surface area (Å²) in [5.74, 6) is -0.581. The standard InChI is InChI=1S/C14H13BrN2O3/c1-2-20-14(19)13-11(9-18)8-17(16-13)7-10-4-3-5-12(15)6-10/h3-6,8-9H,2,7H2,1H3. The highest BCUT2D eigenvalue weighted by molar-refractivity contribution is 9.10. The first kappa shape index (κ1) is 14.5. The maximum absolute atomic E-state index is 11.7. The summed E-state index contributed by atoms with van der Waals surface area (Å²) in [6.07, 6.45) is 2.15. The van der Waals surface area contributed by atoms with Gasteiger partial charge in [0.1, 0.15) is 0 Å². The zero-order valence-corrected chi connectivity index (χ0v) is 12.5. The van der Waals surface area contributed by atoms with E-state index in [1.54, 1.807) is 17.8 Å². The number of nitrogens with zero attached hydrogens (tertiary/aromatic N) is 2. The number of rotatable bonds is 5. The van der Waals surface area contributed by atoms with Gasteiger partial charge in [-0.05, 0) is 24.6 Å². The van der Waals surface area contributed by atoms with Gasteiger partial charge in [-0.2, -0.15) is 5.10 Å². The SMILES string of the molecule is CCOC(=O)c1nn(Cc2cccc(Br)c2)cc1C=O. The Hall–Kier alpha value is -1.95. The molecule has 0 bridgehead atoms. The van der Waals surface area contributed by atoms with Gasteiger partial charge < -0.3 is 4.74 Å². The van der Waals surface area contributed by atoms with Gasteiger partial charge in [0.15, 0.2) is 12.0 Å². The number of hydrogen-bond donors (Lipinski definition) is 0. The van der Waals surface area contributed by atoms with Crippen LogP contribution in [0.1, 0.15) is 33.3 Å². The van der Waals surface area contributed by atoms with E-state index in [1.165, 1.54) is 0 Å². The lowest BCUT2D eigenvalue weighted by molar-refractivity contribution is 0.0516. The van der Waals surface area contributed by atoms with Crippen LogP contribution in [0.25, 0.3) is 0 Å². The monoisotopic (exact) mass is 336 g/mol. The molecular weight excluding hydrogens is 324 g/mol. The molecule has 0 saturated carbocycles. The minimum absolute atomic E-state index is 0.0526. The molecule has 0 N–H and O–H groups in total. The van der Waals surface area contributed by atoms with Crippen LogP contribution < -0.4 is 0 Å². The number of hydrogen-bond acceptors (Lipinski definition) is 4. The third-order valence-electron chi connectivity index (χ3n) is 2.62. The van der Waals surface area contributed by atoms with Crippen molar-refractivity contribution in [2.45, 2.75) is 13.5 Å². The normalized spacial score (nSPS) is 10.3. The summed E-state index contributed by atoms with van der Waals surface area (Å²) in [4.78, 5) is 22.7. The molecule has 0 amide bonds. The third-order valence-corrected chi connectivity index (χ3v) is 3.11. The Labute approximate surface area is 124 Å². The van der Waals surface area contributed by atoms with Gasteiger partial charge in [0, 0.05) is 10.7 Å². The molecule has 0 fully saturated rings. The van der Waals surface area contributed by atoms with Gasteiger partial charge in [0.25, 0.3) is 0 Å². The first-order valence-corrected chi connectivity index (χ1v) is 6.87. The summed E-state index contributed by atoms with van der Waals surface area (Å²) in [7, 11) is 0. The van der Waals surface area contributed by atoms with Crippen molar-refractivity contribution < 1.29 is 14.3 Å². The molecule has 0 aliphatic heterocycles. The first-order chi connectivity index (χ1) is 9.63. The second-order valence-corrected chi connectivity index (χ2v) is 5.01. The van der Waals surface area contributed by atoms with Crippen LogP contribution in [-0.2, 0) is 11.3 Å². The van der Waals surface area contributed by atoms with Crippen molar-refractivity contribution in [3.8, 4) is 0 Å². The van der Waals surface area contributed by atoms with Crippen LogP contribution in [0, 0.1) is 0 Å². The van der Waals surface area contributed by atoms with Crippen molar-refractivity contribution in [3.05, 3.63) is 51.8 Å². The van der Waals surface area contributed by atoms with Crippen molar-refractivity contribution in [2.75, 3.05) is 6.61 Å². The van der Waals surface area contributed by atoms with Gasteiger partial charge in [0.2, 0.25) is 0 Å². The lowest BCUT2D eigenvalue weighted by Crippen LogP contribution is -2.09. The van der Waals surface area contributed by atoms with Gasteiger partial charge in [-0.3, -0.25) is 9.48 Å². The van der Waals surface area contributed by atoms with Gasteiger partial charge in [0.05, 0.1) is 18.7 Å². The predicted octanol–water partition coefficient (Wildman–Crippen LogP) is 2.68. The minimum atomic E-state index is -0.581. The highest BCUT2D eigenvalue weighted by atomic mass is 79.9. The molecule has 2 rings (SSSR count). The first-order valence-electron chi connectivity index (χ1n) is 6.08. The molecule has 20 heavy (non-hydrogen) atoms. The van der Waals surface area contributed by atoms with Crippen molar-refractivity contribution in [3.63, 3.8) is 0 Å². The zero-order chi connectivity index (χ0) is 14.5. The summed E-state index contributed by atoms with van der Waals surface area (Å²) in [6, 6.07) is 7.73. The molecule has 104 valence electrons. The van der Waals surface area contributed by atoms with E-state index in [-0.39, 0.29) is 17.9 Å². The van der Waals surface area contributed by atoms with E-state index >= 15 is 0 Å². The Morgan fingerprint density at radius 3 is 2.95 bits per heavy atom. The van der Waals surface area contributed by atoms with Gasteiger partial charge >= 0.3 is 5.97 Å². The Bertz CT molecular complexity index is 637. The summed E-state index contributed by atoms with van der Waals surface area (Å²) in [6.45, 7) is 2.42. The fourth-order valence-electron chi connectivity index (χ4n) is 1.78. The molecule has 6 heteroatoms. The number of carbonyl (C=O) groups excluding carboxylic acids is 2. The van der Waals surface area contributed by atoms with Crippen LogP contribution in [0.4, 0.5) is 0 Å². The van der Waals surface area contributed by atoms with E-state index in [0.29, 0.717) is 12.8 Å². The highest BCUT2D eigenvalue weighted by Gasteiger charge is 2.17. The largest absolute Gasteiger partial charge is 0.461 e. The molecule has 0 aliphatic carbocycles. The molecule has 0 radical (unpaired) electrons. The lowest BCUT2D eigenvalue weighted by Gasteiger charge is -2.02. The molecule has 5 nitrogen and oxygen atoms in total. The quantitative estimate of drug-likeness (QED) is 0.622. The summed E-state index contributed by atoms with van der Waals surface area (Å²) in [5, 5.41) is 4.12. The molecule has 1 aromatic carbocycles. The van der Waals surface area contributed by atoms with Gasteiger partial charge in [-0.25, -0.2) is 4.79 Å². The maximum atomic E-state index is 11.7. The van der Waals surface area contributed by atoms with Crippen LogP contribution in [0.15, 0.2) is 34.9 Å². The molecule has 0 atom stereocenters. The fraction of sp³-hybridized carbons (Fsp3) is 0.214. The summed E-state index contributed by atoms with van der Waals surface area (Å²) < 4.78 is 7.39. The van der Waals surface area contributed by atoms with E-state index in [2.05, 4.69) is 21.0 Å². The molecule has 1 aromatic heterocycles. The van der Waals surface area contributed by atoms with Crippen molar-refractivity contribution in [1.82, 2.24) is 9.78 Å². The highest BCUT2D eigenvalue weighted by Crippen LogP contribution is 2.14. The summed E-state index contributed by atoms with van der Waals surface area (Å²) in [5.41, 5.74) is 1.30. The Morgan fingerprint density at radius 2 is 2.30 bits per heavy atom. The van der Waals surface area contributed by atoms with Crippen molar-refractivity contribution in [2.24, 2.45) is 0 Å². The lowest BCUT2D eigenvalue weighted by atomic mass is 10.2. The van der Waals surface area contributed by atoms with Crippen LogP contribution >= 0.6 is 15.9 Å². The fourth-order valence-corrected chi connectivity index (χ4v) is 2.23. The minimum Gasteiger partial charge on any atom is -0.461 e. The van der Waals surface area contributed by atoms with Crippen LogP contribution in [0.5, 0.6) is 0 Å². The molecule has 2 aromatic rings. The topological polar surface area (TPSA) is 61.2 Å². The maximum Gasteiger partial charge on any atom is 0.359 e. The molecule has 0 spiro atoms. The predicted molar refractivity (Wildman–Crippen MR) is 76.8 cm³/mol. The number of benzene rings is 1. The molecular formula is C14H13BrN2O3. The Kier molecular flexibility index (Phi) is 4.68. The second kappa shape index (κ2) is 6.47. The van der Waals surface area contributed by atoms with E-state index < -0.39 is 5.97 Å².